The maximum absolute atomic E-state index is 6.05. The van der Waals surface area contributed by atoms with Gasteiger partial charge in [0.15, 0.2) is 5.96 Å². The minimum absolute atomic E-state index is 0. The summed E-state index contributed by atoms with van der Waals surface area (Å²) in [5, 5.41) is 3.29. The zero-order valence-corrected chi connectivity index (χ0v) is 15.9. The Morgan fingerprint density at radius 1 is 1.22 bits per heavy atom. The minimum Gasteiger partial charge on any atom is -0.379 e. The Bertz CT molecular complexity index is 529. The van der Waals surface area contributed by atoms with Crippen molar-refractivity contribution in [1.82, 2.24) is 4.90 Å². The first-order chi connectivity index (χ1) is 10.8. The maximum Gasteiger partial charge on any atom is 0.193 e. The third-order valence-electron chi connectivity index (χ3n) is 4.46. The fourth-order valence-electron chi connectivity index (χ4n) is 3.21. The average Bonchev–Trinajstić information content (AvgIpc) is 2.56. The van der Waals surface area contributed by atoms with Crippen LogP contribution in [0, 0.1) is 0 Å². The van der Waals surface area contributed by atoms with Gasteiger partial charge in [-0.2, -0.15) is 0 Å². The topological polar surface area (TPSA) is 62.9 Å². The molecular formula is C17H27IN4O. The van der Waals surface area contributed by atoms with Crippen LogP contribution in [0.15, 0.2) is 23.2 Å². The lowest BCUT2D eigenvalue weighted by atomic mass is 9.90. The molecule has 0 aromatic heterocycles. The second kappa shape index (κ2) is 9.44. The summed E-state index contributed by atoms with van der Waals surface area (Å²) in [5.41, 5.74) is 10.1. The number of nitrogens with zero attached hydrogens (tertiary/aromatic N) is 2. The van der Waals surface area contributed by atoms with Gasteiger partial charge < -0.3 is 15.8 Å². The molecule has 0 bridgehead atoms. The first kappa shape index (κ1) is 18.5. The summed E-state index contributed by atoms with van der Waals surface area (Å²) in [4.78, 5) is 6.83. The number of hydrogen-bond acceptors (Lipinski definition) is 3. The minimum atomic E-state index is 0. The van der Waals surface area contributed by atoms with E-state index >= 15 is 0 Å². The monoisotopic (exact) mass is 430 g/mol. The number of nitrogens with two attached hydrogens (primary N) is 1. The normalized spacial score (nSPS) is 18.9. The van der Waals surface area contributed by atoms with Crippen molar-refractivity contribution in [2.24, 2.45) is 10.7 Å². The largest absolute Gasteiger partial charge is 0.379 e. The quantitative estimate of drug-likeness (QED) is 0.437. The number of ether oxygens (including phenoxy) is 1. The van der Waals surface area contributed by atoms with Gasteiger partial charge in [0.1, 0.15) is 0 Å². The molecule has 1 aromatic rings. The smallest absolute Gasteiger partial charge is 0.193 e. The molecule has 0 unspecified atom stereocenters. The average molecular weight is 430 g/mol. The van der Waals surface area contributed by atoms with Crippen LogP contribution in [0.3, 0.4) is 0 Å². The molecule has 128 valence electrons. The number of aliphatic imine (C=N–C) groups is 1. The van der Waals surface area contributed by atoms with Crippen molar-refractivity contribution in [2.45, 2.75) is 25.7 Å². The Morgan fingerprint density at radius 2 is 2.00 bits per heavy atom. The summed E-state index contributed by atoms with van der Waals surface area (Å²) in [6.45, 7) is 5.32. The van der Waals surface area contributed by atoms with Crippen molar-refractivity contribution in [2.75, 3.05) is 44.7 Å². The van der Waals surface area contributed by atoms with E-state index in [1.807, 2.05) is 0 Å². The molecule has 3 rings (SSSR count). The third-order valence-corrected chi connectivity index (χ3v) is 4.46. The van der Waals surface area contributed by atoms with Crippen LogP contribution >= 0.6 is 24.0 Å². The van der Waals surface area contributed by atoms with E-state index < -0.39 is 0 Å². The molecule has 1 aliphatic heterocycles. The Morgan fingerprint density at radius 3 is 2.83 bits per heavy atom. The standard InChI is InChI=1S/C17H26N4O.HI/c18-17(19-8-9-21-10-12-22-13-11-21)20-16-7-3-5-14-4-1-2-6-15(14)16;/h3,5,7H,1-2,4,6,8-13H2,(H3,18,19,20);1H. The summed E-state index contributed by atoms with van der Waals surface area (Å²) >= 11 is 0. The van der Waals surface area contributed by atoms with Crippen molar-refractivity contribution in [1.29, 1.82) is 0 Å². The highest BCUT2D eigenvalue weighted by atomic mass is 127. The first-order valence-electron chi connectivity index (χ1n) is 8.31. The lowest BCUT2D eigenvalue weighted by Crippen LogP contribution is -2.38. The van der Waals surface area contributed by atoms with E-state index in [0.717, 1.165) is 51.5 Å². The van der Waals surface area contributed by atoms with Crippen LogP contribution < -0.4 is 11.1 Å². The summed E-state index contributed by atoms with van der Waals surface area (Å²) in [5.74, 6) is 0.521. The van der Waals surface area contributed by atoms with Gasteiger partial charge in [-0.15, -0.1) is 24.0 Å². The van der Waals surface area contributed by atoms with Gasteiger partial charge in [0, 0.05) is 25.3 Å². The van der Waals surface area contributed by atoms with Gasteiger partial charge in [-0.1, -0.05) is 12.1 Å². The Kier molecular flexibility index (Phi) is 7.58. The van der Waals surface area contributed by atoms with Crippen molar-refractivity contribution in [3.05, 3.63) is 29.3 Å². The number of nitrogens with one attached hydrogen (secondary N) is 1. The van der Waals surface area contributed by atoms with Crippen LogP contribution in [0.2, 0.25) is 0 Å². The molecule has 1 fully saturated rings. The summed E-state index contributed by atoms with van der Waals surface area (Å²) in [6, 6.07) is 6.44. The number of fused-ring (bicyclic) bond motifs is 1. The Labute approximate surface area is 155 Å². The van der Waals surface area contributed by atoms with Crippen LogP contribution in [-0.4, -0.2) is 50.3 Å². The summed E-state index contributed by atoms with van der Waals surface area (Å²) < 4.78 is 5.34. The molecule has 2 aliphatic rings. The maximum atomic E-state index is 6.05. The molecule has 1 saturated heterocycles. The fourth-order valence-corrected chi connectivity index (χ4v) is 3.21. The SMILES string of the molecule is I.NC(=NCCN1CCOCC1)Nc1cccc2c1CCCC2. The van der Waals surface area contributed by atoms with Gasteiger partial charge in [0.05, 0.1) is 19.8 Å². The van der Waals surface area contributed by atoms with Crippen LogP contribution in [0.1, 0.15) is 24.0 Å². The number of hydrogen-bond donors (Lipinski definition) is 2. The van der Waals surface area contributed by atoms with Crippen molar-refractivity contribution in [3.63, 3.8) is 0 Å². The van der Waals surface area contributed by atoms with Crippen LogP contribution in [0.5, 0.6) is 0 Å². The van der Waals surface area contributed by atoms with Crippen LogP contribution in [0.25, 0.3) is 0 Å². The molecule has 0 spiro atoms. The van der Waals surface area contributed by atoms with Crippen LogP contribution in [0.4, 0.5) is 5.69 Å². The number of anilines is 1. The number of morpholine rings is 1. The van der Waals surface area contributed by atoms with Crippen molar-refractivity contribution >= 4 is 35.6 Å². The molecule has 0 saturated carbocycles. The second-order valence-electron chi connectivity index (χ2n) is 6.00. The highest BCUT2D eigenvalue weighted by molar-refractivity contribution is 14.0. The van der Waals surface area contributed by atoms with Crippen LogP contribution in [-0.2, 0) is 17.6 Å². The highest BCUT2D eigenvalue weighted by Gasteiger charge is 2.13. The zero-order valence-electron chi connectivity index (χ0n) is 13.6. The lowest BCUT2D eigenvalue weighted by Gasteiger charge is -2.25. The van der Waals surface area contributed by atoms with E-state index in [9.17, 15) is 0 Å². The summed E-state index contributed by atoms with van der Waals surface area (Å²) in [7, 11) is 0. The lowest BCUT2D eigenvalue weighted by molar-refractivity contribution is 0.0394. The molecule has 0 amide bonds. The molecule has 1 aromatic carbocycles. The molecule has 0 atom stereocenters. The van der Waals surface area contributed by atoms with Crippen molar-refractivity contribution in [3.8, 4) is 0 Å². The first-order valence-corrected chi connectivity index (χ1v) is 8.31. The molecule has 6 heteroatoms. The van der Waals surface area contributed by atoms with Gasteiger partial charge >= 0.3 is 0 Å². The third kappa shape index (κ3) is 5.32. The van der Waals surface area contributed by atoms with E-state index in [1.54, 1.807) is 0 Å². The number of rotatable bonds is 4. The molecule has 0 radical (unpaired) electrons. The number of aryl methyl sites for hydroxylation is 1. The van der Waals surface area contributed by atoms with E-state index in [1.165, 1.54) is 30.4 Å². The number of halogens is 1. The molecule has 3 N–H and O–H groups in total. The van der Waals surface area contributed by atoms with Gasteiger partial charge in [-0.3, -0.25) is 9.89 Å². The van der Waals surface area contributed by atoms with E-state index in [0.29, 0.717) is 5.96 Å². The fraction of sp³-hybridized carbons (Fsp3) is 0.588. The Balaban J connectivity index is 0.00000192. The number of benzene rings is 1. The van der Waals surface area contributed by atoms with Gasteiger partial charge in [0.2, 0.25) is 0 Å². The van der Waals surface area contributed by atoms with Gasteiger partial charge in [0.25, 0.3) is 0 Å². The molecule has 1 heterocycles. The Hall–Kier alpha value is -0.860. The van der Waals surface area contributed by atoms with E-state index in [4.69, 9.17) is 10.5 Å². The zero-order chi connectivity index (χ0) is 15.2. The molecule has 1 aliphatic carbocycles. The number of guanidine groups is 1. The van der Waals surface area contributed by atoms with E-state index in [2.05, 4.69) is 33.4 Å². The molecular weight excluding hydrogens is 403 g/mol. The summed E-state index contributed by atoms with van der Waals surface area (Å²) in [6.07, 6.45) is 4.87. The predicted octanol–water partition coefficient (Wildman–Crippen LogP) is 2.24. The van der Waals surface area contributed by atoms with E-state index in [-0.39, 0.29) is 24.0 Å². The van der Waals surface area contributed by atoms with Crippen molar-refractivity contribution < 1.29 is 4.74 Å². The van der Waals surface area contributed by atoms with Gasteiger partial charge in [-0.05, 0) is 42.9 Å². The second-order valence-corrected chi connectivity index (χ2v) is 6.00. The highest BCUT2D eigenvalue weighted by Crippen LogP contribution is 2.27. The van der Waals surface area contributed by atoms with Gasteiger partial charge in [-0.25, -0.2) is 0 Å². The predicted molar refractivity (Wildman–Crippen MR) is 106 cm³/mol. The molecule has 5 nitrogen and oxygen atoms in total. The molecule has 23 heavy (non-hydrogen) atoms.